The molecule has 5 heteroatoms. The lowest BCUT2D eigenvalue weighted by molar-refractivity contribution is -0.131. The zero-order valence-corrected chi connectivity index (χ0v) is 18.3. The lowest BCUT2D eigenvalue weighted by Gasteiger charge is -2.22. The molecule has 0 aliphatic carbocycles. The molecule has 1 aliphatic heterocycles. The van der Waals surface area contributed by atoms with Gasteiger partial charge in [-0.3, -0.25) is 9.59 Å². The van der Waals surface area contributed by atoms with Gasteiger partial charge in [0.25, 0.3) is 5.91 Å². The van der Waals surface area contributed by atoms with Gasteiger partial charge in [0.2, 0.25) is 5.91 Å². The summed E-state index contributed by atoms with van der Waals surface area (Å²) in [6.45, 7) is 9.18. The maximum Gasteiger partial charge on any atom is 0.253 e. The number of hydrogen-bond acceptors (Lipinski definition) is 3. The molecule has 0 N–H and O–H groups in total. The van der Waals surface area contributed by atoms with Crippen LogP contribution in [0.1, 0.15) is 46.3 Å². The SMILES string of the molecule is Cc1ccc(C(=O)N2CCCN(C(=O)CCCOc3ccccc3C)CC2)cc1C. The van der Waals surface area contributed by atoms with E-state index in [0.29, 0.717) is 45.6 Å². The van der Waals surface area contributed by atoms with Crippen LogP contribution in [0.25, 0.3) is 0 Å². The molecule has 2 aromatic carbocycles. The van der Waals surface area contributed by atoms with Crippen molar-refractivity contribution in [3.05, 3.63) is 64.7 Å². The third-order valence-electron chi connectivity index (χ3n) is 5.78. The minimum atomic E-state index is 0.0547. The summed E-state index contributed by atoms with van der Waals surface area (Å²) in [5.41, 5.74) is 4.14. The molecule has 0 unspecified atom stereocenters. The molecule has 160 valence electrons. The number of carbonyl (C=O) groups is 2. The molecule has 0 spiro atoms. The Kier molecular flexibility index (Phi) is 7.50. The van der Waals surface area contributed by atoms with Gasteiger partial charge in [-0.1, -0.05) is 24.3 Å². The zero-order valence-electron chi connectivity index (χ0n) is 18.3. The van der Waals surface area contributed by atoms with Gasteiger partial charge in [0.15, 0.2) is 0 Å². The first-order valence-corrected chi connectivity index (χ1v) is 10.8. The number of ether oxygens (including phenoxy) is 1. The lowest BCUT2D eigenvalue weighted by atomic mass is 10.1. The second-order valence-corrected chi connectivity index (χ2v) is 8.04. The third-order valence-corrected chi connectivity index (χ3v) is 5.78. The van der Waals surface area contributed by atoms with E-state index in [2.05, 4.69) is 0 Å². The van der Waals surface area contributed by atoms with Crippen LogP contribution >= 0.6 is 0 Å². The van der Waals surface area contributed by atoms with Gasteiger partial charge >= 0.3 is 0 Å². The number of nitrogens with zero attached hydrogens (tertiary/aromatic N) is 2. The Bertz CT molecular complexity index is 894. The van der Waals surface area contributed by atoms with Crippen molar-refractivity contribution >= 4 is 11.8 Å². The van der Waals surface area contributed by atoms with Gasteiger partial charge in [-0.15, -0.1) is 0 Å². The Morgan fingerprint density at radius 2 is 1.60 bits per heavy atom. The fourth-order valence-corrected chi connectivity index (χ4v) is 3.71. The number of amides is 2. The van der Waals surface area contributed by atoms with E-state index >= 15 is 0 Å². The van der Waals surface area contributed by atoms with E-state index in [1.54, 1.807) is 0 Å². The first kappa shape index (κ1) is 21.9. The minimum Gasteiger partial charge on any atom is -0.493 e. The number of hydrogen-bond donors (Lipinski definition) is 0. The van der Waals surface area contributed by atoms with E-state index in [4.69, 9.17) is 4.74 Å². The Morgan fingerprint density at radius 1 is 0.867 bits per heavy atom. The molecule has 0 aromatic heterocycles. The van der Waals surface area contributed by atoms with Crippen LogP contribution in [0.2, 0.25) is 0 Å². The number of rotatable bonds is 6. The number of carbonyl (C=O) groups excluding carboxylic acids is 2. The van der Waals surface area contributed by atoms with E-state index in [9.17, 15) is 9.59 Å². The van der Waals surface area contributed by atoms with Crippen molar-refractivity contribution in [3.8, 4) is 5.75 Å². The molecule has 1 aliphatic rings. The maximum absolute atomic E-state index is 12.9. The monoisotopic (exact) mass is 408 g/mol. The summed E-state index contributed by atoms with van der Waals surface area (Å²) < 4.78 is 5.79. The number of aryl methyl sites for hydroxylation is 3. The highest BCUT2D eigenvalue weighted by atomic mass is 16.5. The molecular formula is C25H32N2O3. The quantitative estimate of drug-likeness (QED) is 0.675. The summed E-state index contributed by atoms with van der Waals surface area (Å²) >= 11 is 0. The van der Waals surface area contributed by atoms with Crippen molar-refractivity contribution in [3.63, 3.8) is 0 Å². The summed E-state index contributed by atoms with van der Waals surface area (Å²) in [5.74, 6) is 1.07. The Balaban J connectivity index is 1.46. The first-order chi connectivity index (χ1) is 14.5. The molecule has 1 fully saturated rings. The zero-order chi connectivity index (χ0) is 21.5. The molecule has 2 amide bonds. The molecule has 3 rings (SSSR count). The highest BCUT2D eigenvalue weighted by Gasteiger charge is 2.22. The molecule has 1 saturated heterocycles. The molecular weight excluding hydrogens is 376 g/mol. The van der Waals surface area contributed by atoms with Gasteiger partial charge < -0.3 is 14.5 Å². The Morgan fingerprint density at radius 3 is 2.37 bits per heavy atom. The average Bonchev–Trinajstić information content (AvgIpc) is 3.00. The second-order valence-electron chi connectivity index (χ2n) is 8.04. The van der Waals surface area contributed by atoms with E-state index in [1.165, 1.54) is 5.56 Å². The van der Waals surface area contributed by atoms with E-state index in [-0.39, 0.29) is 11.8 Å². The summed E-state index contributed by atoms with van der Waals surface area (Å²) in [6.07, 6.45) is 1.97. The molecule has 0 bridgehead atoms. The largest absolute Gasteiger partial charge is 0.493 e. The van der Waals surface area contributed by atoms with Gasteiger partial charge in [0, 0.05) is 38.2 Å². The molecule has 0 atom stereocenters. The Labute approximate surface area is 179 Å². The topological polar surface area (TPSA) is 49.9 Å². The number of para-hydroxylation sites is 1. The van der Waals surface area contributed by atoms with Crippen LogP contribution in [-0.2, 0) is 4.79 Å². The van der Waals surface area contributed by atoms with E-state index < -0.39 is 0 Å². The second kappa shape index (κ2) is 10.3. The standard InChI is InChI=1S/C25H32N2O3/c1-19-11-12-22(18-21(19)3)25(29)27-14-7-13-26(15-16-27)24(28)10-6-17-30-23-9-5-4-8-20(23)2/h4-5,8-9,11-12,18H,6-7,10,13-17H2,1-3H3. The van der Waals surface area contributed by atoms with Gasteiger partial charge in [0.05, 0.1) is 6.61 Å². The highest BCUT2D eigenvalue weighted by Crippen LogP contribution is 2.17. The molecule has 30 heavy (non-hydrogen) atoms. The lowest BCUT2D eigenvalue weighted by Crippen LogP contribution is -2.37. The molecule has 1 heterocycles. The fraction of sp³-hybridized carbons (Fsp3) is 0.440. The highest BCUT2D eigenvalue weighted by molar-refractivity contribution is 5.94. The van der Waals surface area contributed by atoms with Crippen molar-refractivity contribution < 1.29 is 14.3 Å². The summed E-state index contributed by atoms with van der Waals surface area (Å²) in [5, 5.41) is 0. The Hall–Kier alpha value is -2.82. The maximum atomic E-state index is 12.9. The van der Waals surface area contributed by atoms with E-state index in [1.807, 2.05) is 73.0 Å². The van der Waals surface area contributed by atoms with Gasteiger partial charge in [-0.25, -0.2) is 0 Å². The molecule has 0 saturated carbocycles. The van der Waals surface area contributed by atoms with Crippen LogP contribution < -0.4 is 4.74 Å². The molecule has 2 aromatic rings. The smallest absolute Gasteiger partial charge is 0.253 e. The van der Waals surface area contributed by atoms with Gasteiger partial charge in [-0.05, 0) is 68.5 Å². The van der Waals surface area contributed by atoms with Crippen molar-refractivity contribution in [2.24, 2.45) is 0 Å². The predicted octanol–water partition coefficient (Wildman–Crippen LogP) is 4.15. The molecule has 0 radical (unpaired) electrons. The van der Waals surface area contributed by atoms with Crippen molar-refractivity contribution in [2.45, 2.75) is 40.0 Å². The van der Waals surface area contributed by atoms with Crippen LogP contribution in [0.15, 0.2) is 42.5 Å². The normalized spacial score (nSPS) is 14.4. The van der Waals surface area contributed by atoms with Crippen molar-refractivity contribution in [2.75, 3.05) is 32.8 Å². The summed E-state index contributed by atoms with van der Waals surface area (Å²) in [4.78, 5) is 29.3. The summed E-state index contributed by atoms with van der Waals surface area (Å²) in [6, 6.07) is 13.8. The van der Waals surface area contributed by atoms with E-state index in [0.717, 1.165) is 28.9 Å². The molecule has 5 nitrogen and oxygen atoms in total. The summed E-state index contributed by atoms with van der Waals surface area (Å²) in [7, 11) is 0. The van der Waals surface area contributed by atoms with Crippen LogP contribution in [0.4, 0.5) is 0 Å². The van der Waals surface area contributed by atoms with Crippen LogP contribution in [0, 0.1) is 20.8 Å². The predicted molar refractivity (Wildman–Crippen MR) is 119 cm³/mol. The number of benzene rings is 2. The third kappa shape index (κ3) is 5.62. The minimum absolute atomic E-state index is 0.0547. The average molecular weight is 409 g/mol. The van der Waals surface area contributed by atoms with Gasteiger partial charge in [-0.2, -0.15) is 0 Å². The first-order valence-electron chi connectivity index (χ1n) is 10.8. The fourth-order valence-electron chi connectivity index (χ4n) is 3.71. The van der Waals surface area contributed by atoms with Crippen molar-refractivity contribution in [1.29, 1.82) is 0 Å². The van der Waals surface area contributed by atoms with Crippen molar-refractivity contribution in [1.82, 2.24) is 9.80 Å². The van der Waals surface area contributed by atoms with Crippen LogP contribution in [0.3, 0.4) is 0 Å². The van der Waals surface area contributed by atoms with Crippen LogP contribution in [0.5, 0.6) is 5.75 Å². The van der Waals surface area contributed by atoms with Gasteiger partial charge in [0.1, 0.15) is 5.75 Å². The van der Waals surface area contributed by atoms with Crippen LogP contribution in [-0.4, -0.2) is 54.4 Å².